The van der Waals surface area contributed by atoms with Crippen LogP contribution in [-0.4, -0.2) is 19.7 Å². The maximum absolute atomic E-state index is 8.71. The van der Waals surface area contributed by atoms with Crippen LogP contribution in [0.4, 0.5) is 5.69 Å². The van der Waals surface area contributed by atoms with Crippen LogP contribution in [0, 0.1) is 18.3 Å². The molecule has 2 N–H and O–H groups in total. The fourth-order valence-corrected chi connectivity index (χ4v) is 1.98. The highest BCUT2D eigenvalue weighted by Crippen LogP contribution is 2.28. The second-order valence-electron chi connectivity index (χ2n) is 3.42. The molecule has 0 atom stereocenters. The Bertz CT molecular complexity index is 597. The van der Waals surface area contributed by atoms with Crippen molar-refractivity contribution in [2.75, 3.05) is 5.73 Å². The van der Waals surface area contributed by atoms with Crippen molar-refractivity contribution >= 4 is 17.4 Å². The van der Waals surface area contributed by atoms with E-state index in [9.17, 15) is 0 Å². The lowest BCUT2D eigenvalue weighted by Gasteiger charge is -2.03. The number of aromatic nitrogens is 4. The van der Waals surface area contributed by atoms with Gasteiger partial charge in [-0.25, -0.2) is 4.98 Å². The second-order valence-corrected chi connectivity index (χ2v) is 4.38. The van der Waals surface area contributed by atoms with Crippen molar-refractivity contribution in [2.24, 2.45) is 7.05 Å². The predicted octanol–water partition coefficient (Wildman–Crippen LogP) is 1.12. The summed E-state index contributed by atoms with van der Waals surface area (Å²) in [4.78, 5) is 4.13. The van der Waals surface area contributed by atoms with Crippen LogP contribution in [0.1, 0.15) is 11.4 Å². The van der Waals surface area contributed by atoms with E-state index in [4.69, 9.17) is 11.0 Å². The molecule has 0 aromatic carbocycles. The maximum Gasteiger partial charge on any atom is 0.197 e. The van der Waals surface area contributed by atoms with E-state index in [1.54, 1.807) is 6.07 Å². The minimum Gasteiger partial charge on any atom is -0.396 e. The van der Waals surface area contributed by atoms with E-state index in [1.807, 2.05) is 24.6 Å². The molecule has 2 aromatic heterocycles. The number of nitrogens with zero attached hydrogens (tertiary/aromatic N) is 5. The molecule has 86 valence electrons. The summed E-state index contributed by atoms with van der Waals surface area (Å²) in [5.74, 6) is 0.819. The quantitative estimate of drug-likeness (QED) is 0.853. The van der Waals surface area contributed by atoms with Crippen LogP contribution in [0.5, 0.6) is 0 Å². The molecule has 2 rings (SSSR count). The molecule has 0 saturated carbocycles. The number of nitriles is 1. The van der Waals surface area contributed by atoms with Crippen molar-refractivity contribution in [3.63, 3.8) is 0 Å². The molecule has 0 aliphatic rings. The Morgan fingerprint density at radius 1 is 1.47 bits per heavy atom. The van der Waals surface area contributed by atoms with Crippen molar-refractivity contribution in [1.29, 1.82) is 5.26 Å². The second kappa shape index (κ2) is 4.43. The molecule has 0 saturated heterocycles. The van der Waals surface area contributed by atoms with Gasteiger partial charge in [0, 0.05) is 13.2 Å². The number of rotatable bonds is 2. The standard InChI is InChI=1S/C10H10N6S/c1-6-14-15-10(16(6)2)17-9-8(12)3-7(4-11)5-13-9/h3,5H,12H2,1-2H3. The first-order valence-corrected chi connectivity index (χ1v) is 5.63. The minimum atomic E-state index is 0.445. The van der Waals surface area contributed by atoms with Gasteiger partial charge in [-0.3, -0.25) is 0 Å². The van der Waals surface area contributed by atoms with Crippen molar-refractivity contribution in [3.05, 3.63) is 23.7 Å². The van der Waals surface area contributed by atoms with Gasteiger partial charge in [-0.2, -0.15) is 5.26 Å². The first-order valence-electron chi connectivity index (χ1n) is 4.81. The molecule has 0 unspecified atom stereocenters. The normalized spacial score (nSPS) is 10.2. The molecular weight excluding hydrogens is 236 g/mol. The molecule has 0 spiro atoms. The summed E-state index contributed by atoms with van der Waals surface area (Å²) >= 11 is 1.32. The Labute approximate surface area is 102 Å². The fourth-order valence-electron chi connectivity index (χ4n) is 1.18. The monoisotopic (exact) mass is 246 g/mol. The lowest BCUT2D eigenvalue weighted by atomic mass is 10.3. The SMILES string of the molecule is Cc1nnc(Sc2ncc(C#N)cc2N)n1C. The summed E-state index contributed by atoms with van der Waals surface area (Å²) in [5, 5.41) is 18.0. The lowest BCUT2D eigenvalue weighted by molar-refractivity contribution is 0.764. The highest BCUT2D eigenvalue weighted by atomic mass is 32.2. The van der Waals surface area contributed by atoms with Crippen LogP contribution in [-0.2, 0) is 7.05 Å². The number of hydrogen-bond acceptors (Lipinski definition) is 6. The van der Waals surface area contributed by atoms with Gasteiger partial charge in [-0.1, -0.05) is 0 Å². The van der Waals surface area contributed by atoms with Crippen LogP contribution in [0.15, 0.2) is 22.4 Å². The molecule has 2 aromatic rings. The molecule has 0 radical (unpaired) electrons. The van der Waals surface area contributed by atoms with Gasteiger partial charge in [0.15, 0.2) is 5.16 Å². The third kappa shape index (κ3) is 2.21. The predicted molar refractivity (Wildman–Crippen MR) is 63.2 cm³/mol. The van der Waals surface area contributed by atoms with Crippen LogP contribution < -0.4 is 5.73 Å². The third-order valence-electron chi connectivity index (χ3n) is 2.25. The smallest absolute Gasteiger partial charge is 0.197 e. The number of nitrogen functional groups attached to an aromatic ring is 1. The summed E-state index contributed by atoms with van der Waals surface area (Å²) in [6.07, 6.45) is 1.49. The van der Waals surface area contributed by atoms with Gasteiger partial charge >= 0.3 is 0 Å². The molecule has 7 heteroatoms. The Morgan fingerprint density at radius 2 is 2.24 bits per heavy atom. The summed E-state index contributed by atoms with van der Waals surface area (Å²) in [6.45, 7) is 1.87. The zero-order valence-electron chi connectivity index (χ0n) is 9.38. The number of anilines is 1. The van der Waals surface area contributed by atoms with Gasteiger partial charge in [0.25, 0.3) is 0 Å². The Morgan fingerprint density at radius 3 is 2.76 bits per heavy atom. The largest absolute Gasteiger partial charge is 0.396 e. The zero-order valence-corrected chi connectivity index (χ0v) is 10.2. The van der Waals surface area contributed by atoms with E-state index in [-0.39, 0.29) is 0 Å². The van der Waals surface area contributed by atoms with Gasteiger partial charge in [0.05, 0.1) is 11.3 Å². The zero-order chi connectivity index (χ0) is 12.4. The van der Waals surface area contributed by atoms with Gasteiger partial charge < -0.3 is 10.3 Å². The Balaban J connectivity index is 2.31. The lowest BCUT2D eigenvalue weighted by Crippen LogP contribution is -1.97. The summed E-state index contributed by atoms with van der Waals surface area (Å²) in [7, 11) is 1.87. The van der Waals surface area contributed by atoms with Crippen LogP contribution in [0.2, 0.25) is 0 Å². The van der Waals surface area contributed by atoms with E-state index in [1.165, 1.54) is 18.0 Å². The first-order chi connectivity index (χ1) is 8.11. The summed E-state index contributed by atoms with van der Waals surface area (Å²) in [6, 6.07) is 3.59. The number of hydrogen-bond donors (Lipinski definition) is 1. The molecule has 0 bridgehead atoms. The Hall–Kier alpha value is -2.07. The third-order valence-corrected chi connectivity index (χ3v) is 3.32. The molecule has 6 nitrogen and oxygen atoms in total. The number of nitrogens with two attached hydrogens (primary N) is 1. The summed E-state index contributed by atoms with van der Waals surface area (Å²) < 4.78 is 1.85. The minimum absolute atomic E-state index is 0.445. The first kappa shape index (κ1) is 11.4. The van der Waals surface area contributed by atoms with E-state index in [0.717, 1.165) is 5.82 Å². The van der Waals surface area contributed by atoms with E-state index in [2.05, 4.69) is 15.2 Å². The van der Waals surface area contributed by atoms with Gasteiger partial charge in [-0.15, -0.1) is 10.2 Å². The summed E-state index contributed by atoms with van der Waals surface area (Å²) in [5.41, 5.74) is 6.72. The van der Waals surface area contributed by atoms with Crippen molar-refractivity contribution in [3.8, 4) is 6.07 Å². The molecule has 0 amide bonds. The highest BCUT2D eigenvalue weighted by molar-refractivity contribution is 7.99. The molecule has 0 aliphatic heterocycles. The fraction of sp³-hybridized carbons (Fsp3) is 0.200. The topological polar surface area (TPSA) is 93.4 Å². The number of pyridine rings is 1. The average molecular weight is 246 g/mol. The van der Waals surface area contributed by atoms with Crippen molar-refractivity contribution in [1.82, 2.24) is 19.7 Å². The van der Waals surface area contributed by atoms with Gasteiger partial charge in [0.1, 0.15) is 16.9 Å². The van der Waals surface area contributed by atoms with Crippen molar-refractivity contribution in [2.45, 2.75) is 17.1 Å². The van der Waals surface area contributed by atoms with Crippen LogP contribution in [0.3, 0.4) is 0 Å². The molecule has 17 heavy (non-hydrogen) atoms. The van der Waals surface area contributed by atoms with E-state index >= 15 is 0 Å². The average Bonchev–Trinajstić information content (AvgIpc) is 2.63. The van der Waals surface area contributed by atoms with Crippen LogP contribution >= 0.6 is 11.8 Å². The Kier molecular flexibility index (Phi) is 2.97. The maximum atomic E-state index is 8.71. The number of aryl methyl sites for hydroxylation is 1. The molecule has 0 aliphatic carbocycles. The molecular formula is C10H10N6S. The van der Waals surface area contributed by atoms with Gasteiger partial charge in [0.2, 0.25) is 0 Å². The van der Waals surface area contributed by atoms with Gasteiger partial charge in [-0.05, 0) is 24.8 Å². The highest BCUT2D eigenvalue weighted by Gasteiger charge is 2.10. The molecule has 2 heterocycles. The van der Waals surface area contributed by atoms with Crippen LogP contribution in [0.25, 0.3) is 0 Å². The van der Waals surface area contributed by atoms with E-state index < -0.39 is 0 Å². The van der Waals surface area contributed by atoms with Crippen molar-refractivity contribution < 1.29 is 0 Å². The molecule has 0 fully saturated rings. The van der Waals surface area contributed by atoms with E-state index in [0.29, 0.717) is 21.4 Å².